The number of hydrogen-bond acceptors (Lipinski definition) is 5. The first-order chi connectivity index (χ1) is 14.0. The second-order valence-corrected chi connectivity index (χ2v) is 7.13. The van der Waals surface area contributed by atoms with E-state index < -0.39 is 11.7 Å². The van der Waals surface area contributed by atoms with Gasteiger partial charge in [-0.1, -0.05) is 18.6 Å². The predicted molar refractivity (Wildman–Crippen MR) is 109 cm³/mol. The zero-order valence-corrected chi connectivity index (χ0v) is 16.5. The van der Waals surface area contributed by atoms with Crippen LogP contribution in [0.4, 0.5) is 4.39 Å². The summed E-state index contributed by atoms with van der Waals surface area (Å²) in [6.45, 7) is 4.20. The van der Waals surface area contributed by atoms with Crippen LogP contribution in [0.3, 0.4) is 0 Å². The normalized spacial score (nSPS) is 15.2. The van der Waals surface area contributed by atoms with E-state index in [1.165, 1.54) is 31.4 Å². The first-order valence-corrected chi connectivity index (χ1v) is 9.78. The number of phenolic OH excluding ortho intramolecular Hbond substituents is 1. The maximum atomic E-state index is 13.5. The van der Waals surface area contributed by atoms with E-state index in [1.807, 2.05) is 6.07 Å². The lowest BCUT2D eigenvalue weighted by Gasteiger charge is -2.26. The van der Waals surface area contributed by atoms with E-state index in [1.54, 1.807) is 31.2 Å². The number of benzene rings is 2. The smallest absolute Gasteiger partial charge is 0.277 e. The molecule has 29 heavy (non-hydrogen) atoms. The summed E-state index contributed by atoms with van der Waals surface area (Å²) in [5, 5.41) is 14.3. The molecule has 7 heteroatoms. The summed E-state index contributed by atoms with van der Waals surface area (Å²) in [6.07, 6.45) is 3.62. The molecule has 2 aromatic carbocycles. The summed E-state index contributed by atoms with van der Waals surface area (Å²) in [7, 11) is 0. The number of likely N-dealkylation sites (tertiary alicyclic amines) is 1. The molecule has 1 fully saturated rings. The van der Waals surface area contributed by atoms with Crippen LogP contribution in [0.15, 0.2) is 47.6 Å². The molecule has 2 aromatic rings. The molecule has 3 rings (SSSR count). The lowest BCUT2D eigenvalue weighted by molar-refractivity contribution is -0.123. The van der Waals surface area contributed by atoms with Crippen LogP contribution in [0.2, 0.25) is 0 Å². The Hall–Kier alpha value is -2.93. The molecule has 0 spiro atoms. The van der Waals surface area contributed by atoms with Crippen molar-refractivity contribution in [3.8, 4) is 11.5 Å². The van der Waals surface area contributed by atoms with Crippen LogP contribution in [0.1, 0.15) is 37.3 Å². The van der Waals surface area contributed by atoms with E-state index in [0.29, 0.717) is 12.3 Å². The number of ether oxygens (including phenoxy) is 1. The average molecular weight is 399 g/mol. The Morgan fingerprint density at radius 1 is 1.21 bits per heavy atom. The van der Waals surface area contributed by atoms with Gasteiger partial charge in [-0.15, -0.1) is 0 Å². The molecule has 1 saturated heterocycles. The first kappa shape index (κ1) is 20.8. The van der Waals surface area contributed by atoms with Crippen molar-refractivity contribution in [1.82, 2.24) is 10.3 Å². The number of para-hydroxylation sites is 1. The van der Waals surface area contributed by atoms with Gasteiger partial charge in [0.1, 0.15) is 5.75 Å². The minimum Gasteiger partial charge on any atom is -0.508 e. The molecule has 0 aliphatic carbocycles. The number of carbonyl (C=O) groups excluding carboxylic acids is 1. The Kier molecular flexibility index (Phi) is 7.19. The number of halogens is 1. The summed E-state index contributed by atoms with van der Waals surface area (Å²) in [5.41, 5.74) is 4.67. The van der Waals surface area contributed by atoms with Gasteiger partial charge in [0.15, 0.2) is 18.2 Å². The number of aromatic hydroxyl groups is 1. The van der Waals surface area contributed by atoms with Gasteiger partial charge in [-0.3, -0.25) is 9.69 Å². The van der Waals surface area contributed by atoms with E-state index in [-0.39, 0.29) is 18.1 Å². The summed E-state index contributed by atoms with van der Waals surface area (Å²) in [5.74, 6) is -0.732. The molecule has 0 bridgehead atoms. The fourth-order valence-corrected chi connectivity index (χ4v) is 3.24. The molecule has 1 aliphatic rings. The quantitative estimate of drug-likeness (QED) is 0.553. The number of hydrogen-bond donors (Lipinski definition) is 2. The van der Waals surface area contributed by atoms with Crippen molar-refractivity contribution in [2.24, 2.45) is 5.10 Å². The van der Waals surface area contributed by atoms with Crippen molar-refractivity contribution in [3.63, 3.8) is 0 Å². The molecule has 0 radical (unpaired) electrons. The van der Waals surface area contributed by atoms with Crippen molar-refractivity contribution in [1.29, 1.82) is 0 Å². The Labute approximate surface area is 170 Å². The Morgan fingerprint density at radius 2 is 1.97 bits per heavy atom. The van der Waals surface area contributed by atoms with Gasteiger partial charge in [0.25, 0.3) is 5.91 Å². The molecule has 0 unspecified atom stereocenters. The first-order valence-electron chi connectivity index (χ1n) is 9.78. The van der Waals surface area contributed by atoms with Gasteiger partial charge in [-0.25, -0.2) is 9.82 Å². The minimum atomic E-state index is -0.523. The number of amides is 1. The number of hydrazone groups is 1. The Morgan fingerprint density at radius 3 is 2.72 bits per heavy atom. The molecule has 1 aliphatic heterocycles. The highest BCUT2D eigenvalue weighted by Crippen LogP contribution is 2.22. The highest BCUT2D eigenvalue weighted by molar-refractivity contribution is 5.99. The van der Waals surface area contributed by atoms with E-state index in [2.05, 4.69) is 15.4 Å². The summed E-state index contributed by atoms with van der Waals surface area (Å²) < 4.78 is 18.7. The number of rotatable bonds is 7. The highest BCUT2D eigenvalue weighted by Gasteiger charge is 2.14. The zero-order valence-electron chi connectivity index (χ0n) is 16.5. The van der Waals surface area contributed by atoms with E-state index in [4.69, 9.17) is 4.74 Å². The van der Waals surface area contributed by atoms with Gasteiger partial charge in [-0.05, 0) is 68.8 Å². The Balaban J connectivity index is 1.58. The average Bonchev–Trinajstić information content (AvgIpc) is 2.73. The zero-order chi connectivity index (χ0) is 20.6. The molecule has 0 saturated carbocycles. The lowest BCUT2D eigenvalue weighted by atomic mass is 10.0. The fraction of sp³-hybridized carbons (Fsp3) is 0.364. The lowest BCUT2D eigenvalue weighted by Crippen LogP contribution is -2.29. The maximum absolute atomic E-state index is 13.5. The van der Waals surface area contributed by atoms with Crippen LogP contribution in [0, 0.1) is 5.82 Å². The molecule has 1 amide bonds. The van der Waals surface area contributed by atoms with E-state index >= 15 is 0 Å². The topological polar surface area (TPSA) is 74.2 Å². The molecule has 2 N–H and O–H groups in total. The third-order valence-electron chi connectivity index (χ3n) is 4.88. The van der Waals surface area contributed by atoms with Gasteiger partial charge in [0, 0.05) is 12.1 Å². The molecule has 1 heterocycles. The predicted octanol–water partition coefficient (Wildman–Crippen LogP) is 3.44. The number of carbonyl (C=O) groups is 1. The van der Waals surface area contributed by atoms with Crippen molar-refractivity contribution >= 4 is 11.6 Å². The van der Waals surface area contributed by atoms with E-state index in [0.717, 1.165) is 24.2 Å². The third kappa shape index (κ3) is 6.02. The second-order valence-electron chi connectivity index (χ2n) is 7.13. The van der Waals surface area contributed by atoms with Gasteiger partial charge in [0.05, 0.1) is 5.71 Å². The fourth-order valence-electron chi connectivity index (χ4n) is 3.24. The van der Waals surface area contributed by atoms with E-state index in [9.17, 15) is 14.3 Å². The van der Waals surface area contributed by atoms with Crippen molar-refractivity contribution in [3.05, 3.63) is 59.4 Å². The minimum absolute atomic E-state index is 0.0178. The molecule has 154 valence electrons. The van der Waals surface area contributed by atoms with Crippen molar-refractivity contribution < 1.29 is 19.0 Å². The van der Waals surface area contributed by atoms with Crippen molar-refractivity contribution in [2.45, 2.75) is 32.7 Å². The molecular formula is C22H26FN3O3. The number of nitrogens with one attached hydrogen (secondary N) is 1. The monoisotopic (exact) mass is 399 g/mol. The van der Waals surface area contributed by atoms with Crippen LogP contribution in [-0.2, 0) is 11.3 Å². The van der Waals surface area contributed by atoms with Crippen LogP contribution in [0.25, 0.3) is 0 Å². The molecule has 6 nitrogen and oxygen atoms in total. The molecule has 0 atom stereocenters. The van der Waals surface area contributed by atoms with Gasteiger partial charge in [0.2, 0.25) is 0 Å². The van der Waals surface area contributed by atoms with Gasteiger partial charge >= 0.3 is 0 Å². The number of piperidine rings is 1. The van der Waals surface area contributed by atoms with Crippen LogP contribution in [-0.4, -0.2) is 41.3 Å². The molecule has 0 aromatic heterocycles. The van der Waals surface area contributed by atoms with Crippen molar-refractivity contribution in [2.75, 3.05) is 19.7 Å². The van der Waals surface area contributed by atoms with Gasteiger partial charge in [-0.2, -0.15) is 5.10 Å². The highest BCUT2D eigenvalue weighted by atomic mass is 19.1. The SMILES string of the molecule is C/C(=N\NC(=O)COc1ccccc1F)c1ccc(O)c(CN2CCCCC2)c1. The maximum Gasteiger partial charge on any atom is 0.277 e. The Bertz CT molecular complexity index is 879. The number of phenols is 1. The van der Waals surface area contributed by atoms with Gasteiger partial charge < -0.3 is 9.84 Å². The number of nitrogens with zero attached hydrogens (tertiary/aromatic N) is 2. The summed E-state index contributed by atoms with van der Waals surface area (Å²) in [6, 6.07) is 11.2. The third-order valence-corrected chi connectivity index (χ3v) is 4.88. The standard InChI is InChI=1S/C22H26FN3O3/c1-16(24-25-22(28)15-29-21-8-4-3-7-19(21)23)17-9-10-20(27)18(13-17)14-26-11-5-2-6-12-26/h3-4,7-10,13,27H,2,5-6,11-12,14-15H2,1H3,(H,25,28)/b24-16+. The summed E-state index contributed by atoms with van der Waals surface area (Å²) in [4.78, 5) is 14.3. The second kappa shape index (κ2) is 10.0. The summed E-state index contributed by atoms with van der Waals surface area (Å²) >= 11 is 0. The van der Waals surface area contributed by atoms with Crippen LogP contribution < -0.4 is 10.2 Å². The van der Waals surface area contributed by atoms with Crippen LogP contribution in [0.5, 0.6) is 11.5 Å². The molecular weight excluding hydrogens is 373 g/mol. The largest absolute Gasteiger partial charge is 0.508 e. The van der Waals surface area contributed by atoms with Crippen LogP contribution >= 0.6 is 0 Å².